The molecule has 9 heteroatoms. The molecule has 1 unspecified atom stereocenters. The molecule has 4 aromatic rings. The van der Waals surface area contributed by atoms with Crippen LogP contribution in [-0.2, 0) is 0 Å². The number of fused-ring (bicyclic) bond motifs is 1. The number of aromatic nitrogens is 4. The fourth-order valence-corrected chi connectivity index (χ4v) is 4.02. The van der Waals surface area contributed by atoms with E-state index in [1.165, 1.54) is 31.7 Å². The van der Waals surface area contributed by atoms with Gasteiger partial charge >= 0.3 is 0 Å². The molecule has 0 saturated carbocycles. The lowest BCUT2D eigenvalue weighted by Crippen LogP contribution is -2.19. The van der Waals surface area contributed by atoms with E-state index >= 15 is 0 Å². The molecule has 1 aromatic carbocycles. The molecule has 0 aliphatic carbocycles. The zero-order chi connectivity index (χ0) is 25.8. The Morgan fingerprint density at radius 3 is 2.56 bits per heavy atom. The Morgan fingerprint density at radius 1 is 1.06 bits per heavy atom. The van der Waals surface area contributed by atoms with Crippen molar-refractivity contribution in [2.24, 2.45) is 5.92 Å². The number of aliphatic hydroxyl groups excluding tert-OH is 1. The van der Waals surface area contributed by atoms with Gasteiger partial charge in [-0.1, -0.05) is 26.8 Å². The summed E-state index contributed by atoms with van der Waals surface area (Å²) >= 11 is 0. The largest absolute Gasteiger partial charge is 0.387 e. The molecule has 3 aromatic heterocycles. The summed E-state index contributed by atoms with van der Waals surface area (Å²) in [5.74, 6) is -0.203. The average Bonchev–Trinajstić information content (AvgIpc) is 2.91. The minimum absolute atomic E-state index is 0.0579. The number of carbonyl (C=O) groups is 1. The molecule has 4 rings (SSSR count). The Morgan fingerprint density at radius 2 is 1.86 bits per heavy atom. The summed E-state index contributed by atoms with van der Waals surface area (Å²) in [7, 11) is 1.51. The summed E-state index contributed by atoms with van der Waals surface area (Å²) in [6.45, 7) is 6.38. The van der Waals surface area contributed by atoms with Crippen LogP contribution in [-0.4, -0.2) is 44.5 Å². The monoisotopic (exact) mass is 488 g/mol. The minimum Gasteiger partial charge on any atom is -0.387 e. The fraction of sp³-hybridized carbons (Fsp3) is 0.296. The smallest absolute Gasteiger partial charge is 0.251 e. The third-order valence-corrected chi connectivity index (χ3v) is 6.15. The number of pyridine rings is 2. The molecule has 0 aliphatic heterocycles. The molecular weight excluding hydrogens is 459 g/mol. The third kappa shape index (κ3) is 5.16. The lowest BCUT2D eigenvalue weighted by molar-refractivity contribution is 0.0964. The first kappa shape index (κ1) is 25.1. The molecule has 0 bridgehead atoms. The van der Waals surface area contributed by atoms with Crippen molar-refractivity contribution >= 4 is 22.6 Å². The first-order chi connectivity index (χ1) is 17.3. The highest BCUT2D eigenvalue weighted by Crippen LogP contribution is 2.29. The molecule has 3 N–H and O–H groups in total. The fourth-order valence-electron chi connectivity index (χ4n) is 4.02. The van der Waals surface area contributed by atoms with Crippen LogP contribution in [0.2, 0.25) is 0 Å². The minimum atomic E-state index is -0.618. The molecule has 2 atom stereocenters. The molecule has 1 amide bonds. The van der Waals surface area contributed by atoms with E-state index in [9.17, 15) is 14.3 Å². The van der Waals surface area contributed by atoms with Gasteiger partial charge in [-0.2, -0.15) is 0 Å². The van der Waals surface area contributed by atoms with Gasteiger partial charge in [0.1, 0.15) is 18.0 Å². The van der Waals surface area contributed by atoms with Crippen molar-refractivity contribution < 1.29 is 14.3 Å². The zero-order valence-corrected chi connectivity index (χ0v) is 20.7. The SMILES string of the molecule is CNC(=O)c1ccnc2c([C@H](C)CNc3cc(-c4ccc(C(O)C(C)C)nc4)ncn3)ccc(F)c12. The van der Waals surface area contributed by atoms with E-state index in [0.29, 0.717) is 29.3 Å². The molecule has 0 saturated heterocycles. The van der Waals surface area contributed by atoms with E-state index in [1.807, 2.05) is 32.9 Å². The number of nitrogens with one attached hydrogen (secondary N) is 2. The van der Waals surface area contributed by atoms with Gasteiger partial charge in [0.15, 0.2) is 0 Å². The summed E-state index contributed by atoms with van der Waals surface area (Å²) in [5.41, 5.74) is 3.66. The normalized spacial score (nSPS) is 13.0. The van der Waals surface area contributed by atoms with E-state index in [4.69, 9.17) is 0 Å². The van der Waals surface area contributed by atoms with Crippen LogP contribution in [0.5, 0.6) is 0 Å². The second kappa shape index (κ2) is 10.7. The van der Waals surface area contributed by atoms with Gasteiger partial charge in [-0.05, 0) is 35.7 Å². The van der Waals surface area contributed by atoms with Crippen LogP contribution in [0.1, 0.15) is 54.4 Å². The highest BCUT2D eigenvalue weighted by atomic mass is 19.1. The second-order valence-electron chi connectivity index (χ2n) is 9.03. The number of aliphatic hydroxyl groups is 1. The van der Waals surface area contributed by atoms with Crippen LogP contribution in [0.25, 0.3) is 22.2 Å². The molecule has 0 fully saturated rings. The van der Waals surface area contributed by atoms with E-state index in [2.05, 4.69) is 30.6 Å². The number of amides is 1. The highest BCUT2D eigenvalue weighted by Gasteiger charge is 2.19. The van der Waals surface area contributed by atoms with Gasteiger partial charge < -0.3 is 15.7 Å². The maximum Gasteiger partial charge on any atom is 0.251 e. The number of rotatable bonds is 8. The molecule has 8 nitrogen and oxygen atoms in total. The number of halogens is 1. The number of nitrogens with zero attached hydrogens (tertiary/aromatic N) is 4. The summed E-state index contributed by atoms with van der Waals surface area (Å²) in [4.78, 5) is 29.7. The average molecular weight is 489 g/mol. The Hall–Kier alpha value is -3.98. The lowest BCUT2D eigenvalue weighted by Gasteiger charge is -2.17. The van der Waals surface area contributed by atoms with Crippen molar-refractivity contribution in [2.45, 2.75) is 32.8 Å². The summed E-state index contributed by atoms with van der Waals surface area (Å²) < 4.78 is 14.7. The van der Waals surface area contributed by atoms with E-state index < -0.39 is 11.9 Å². The van der Waals surface area contributed by atoms with E-state index in [1.54, 1.807) is 18.3 Å². The van der Waals surface area contributed by atoms with Crippen LogP contribution in [0.3, 0.4) is 0 Å². The van der Waals surface area contributed by atoms with Crippen molar-refractivity contribution in [2.75, 3.05) is 18.9 Å². The number of carbonyl (C=O) groups excluding carboxylic acids is 1. The molecule has 0 aliphatic rings. The van der Waals surface area contributed by atoms with Crippen LogP contribution < -0.4 is 10.6 Å². The summed E-state index contributed by atoms with van der Waals surface area (Å²) in [5, 5.41) is 16.3. The second-order valence-corrected chi connectivity index (χ2v) is 9.03. The van der Waals surface area contributed by atoms with Crippen molar-refractivity contribution in [3.8, 4) is 11.3 Å². The first-order valence-electron chi connectivity index (χ1n) is 11.8. The molecule has 0 radical (unpaired) electrons. The molecule has 3 heterocycles. The zero-order valence-electron chi connectivity index (χ0n) is 20.7. The number of anilines is 1. The lowest BCUT2D eigenvalue weighted by atomic mass is 9.95. The van der Waals surface area contributed by atoms with E-state index in [0.717, 1.165) is 11.1 Å². The van der Waals surface area contributed by atoms with Gasteiger partial charge in [-0.3, -0.25) is 14.8 Å². The maximum atomic E-state index is 14.7. The van der Waals surface area contributed by atoms with Crippen molar-refractivity contribution in [3.63, 3.8) is 0 Å². The topological polar surface area (TPSA) is 113 Å². The molecule has 36 heavy (non-hydrogen) atoms. The van der Waals surface area contributed by atoms with Gasteiger partial charge in [0.2, 0.25) is 0 Å². The van der Waals surface area contributed by atoms with Crippen molar-refractivity contribution in [3.05, 3.63) is 77.8 Å². The quantitative estimate of drug-likeness (QED) is 0.335. The van der Waals surface area contributed by atoms with Crippen LogP contribution in [0, 0.1) is 11.7 Å². The summed E-state index contributed by atoms with van der Waals surface area (Å²) in [6, 6.07) is 10.1. The number of hydrogen-bond donors (Lipinski definition) is 3. The number of benzene rings is 1. The van der Waals surface area contributed by atoms with Gasteiger partial charge in [-0.25, -0.2) is 14.4 Å². The van der Waals surface area contributed by atoms with Crippen molar-refractivity contribution in [1.29, 1.82) is 0 Å². The standard InChI is InChI=1S/C27H29FN6O2/c1-15(2)26(35)21-8-5-17(13-31-21)22-11-23(34-14-33-22)32-12-16(3)18-6-7-20(28)24-19(27(36)29-4)9-10-30-25(18)24/h5-11,13-16,26,35H,12H2,1-4H3,(H,29,36)(H,32,33,34)/t16-,26?/m1/s1. The third-order valence-electron chi connectivity index (χ3n) is 6.15. The molecular formula is C27H29FN6O2. The van der Waals surface area contributed by atoms with Crippen LogP contribution >= 0.6 is 0 Å². The van der Waals surface area contributed by atoms with E-state index in [-0.39, 0.29) is 28.7 Å². The molecule has 0 spiro atoms. The Labute approximate surface area is 209 Å². The van der Waals surface area contributed by atoms with Crippen LogP contribution in [0.4, 0.5) is 10.2 Å². The predicted octanol–water partition coefficient (Wildman–Crippen LogP) is 4.49. The first-order valence-corrected chi connectivity index (χ1v) is 11.8. The maximum absolute atomic E-state index is 14.7. The highest BCUT2D eigenvalue weighted by molar-refractivity contribution is 6.06. The Bertz CT molecular complexity index is 1380. The molecule has 186 valence electrons. The van der Waals surface area contributed by atoms with Crippen molar-refractivity contribution in [1.82, 2.24) is 25.3 Å². The Balaban J connectivity index is 1.53. The van der Waals surface area contributed by atoms with Gasteiger partial charge in [0, 0.05) is 48.9 Å². The predicted molar refractivity (Wildman–Crippen MR) is 137 cm³/mol. The van der Waals surface area contributed by atoms with Gasteiger partial charge in [0.25, 0.3) is 5.91 Å². The van der Waals surface area contributed by atoms with Gasteiger partial charge in [0.05, 0.1) is 28.6 Å². The van der Waals surface area contributed by atoms with Crippen LogP contribution in [0.15, 0.2) is 55.1 Å². The summed E-state index contributed by atoms with van der Waals surface area (Å²) in [6.07, 6.45) is 4.07. The number of hydrogen-bond acceptors (Lipinski definition) is 7. The Kier molecular flexibility index (Phi) is 7.49. The van der Waals surface area contributed by atoms with Gasteiger partial charge in [-0.15, -0.1) is 0 Å².